The van der Waals surface area contributed by atoms with E-state index in [4.69, 9.17) is 23.2 Å². The summed E-state index contributed by atoms with van der Waals surface area (Å²) in [4.78, 5) is 24.6. The van der Waals surface area contributed by atoms with Crippen LogP contribution in [-0.2, 0) is 0 Å². The minimum Gasteiger partial charge on any atom is -0.478 e. The Bertz CT molecular complexity index is 1000. The number of carboxylic acid groups (broad SMARTS) is 1. The van der Waals surface area contributed by atoms with Crippen molar-refractivity contribution in [1.29, 1.82) is 0 Å². The molecule has 2 aromatic carbocycles. The zero-order valence-corrected chi connectivity index (χ0v) is 15.3. The molecule has 1 amide bonds. The van der Waals surface area contributed by atoms with E-state index < -0.39 is 17.7 Å². The molecule has 132 valence electrons. The summed E-state index contributed by atoms with van der Waals surface area (Å²) in [5, 5.41) is 14.1. The van der Waals surface area contributed by atoms with Gasteiger partial charge in [-0.05, 0) is 35.9 Å². The molecular formula is C18H10Cl2FNO3S. The zero-order valence-electron chi connectivity index (χ0n) is 12.9. The molecule has 8 heteroatoms. The smallest absolute Gasteiger partial charge is 0.339 e. The number of hydrogen-bond acceptors (Lipinski definition) is 3. The minimum atomic E-state index is -1.18. The Labute approximate surface area is 161 Å². The number of rotatable bonds is 4. The van der Waals surface area contributed by atoms with E-state index in [1.54, 1.807) is 24.3 Å². The van der Waals surface area contributed by atoms with Crippen LogP contribution in [0.3, 0.4) is 0 Å². The second-order valence-electron chi connectivity index (χ2n) is 5.24. The highest BCUT2D eigenvalue weighted by Crippen LogP contribution is 2.37. The van der Waals surface area contributed by atoms with Gasteiger partial charge in [-0.2, -0.15) is 0 Å². The molecule has 0 spiro atoms. The van der Waals surface area contributed by atoms with E-state index in [2.05, 4.69) is 5.32 Å². The van der Waals surface area contributed by atoms with E-state index in [9.17, 15) is 19.1 Å². The predicted octanol–water partition coefficient (Wildman–Crippen LogP) is 5.81. The molecule has 2 N–H and O–H groups in total. The molecule has 1 aromatic heterocycles. The minimum absolute atomic E-state index is 0.0380. The van der Waals surface area contributed by atoms with Crippen molar-refractivity contribution in [3.8, 4) is 10.4 Å². The van der Waals surface area contributed by atoms with Crippen molar-refractivity contribution >= 4 is 52.1 Å². The zero-order chi connectivity index (χ0) is 18.8. The number of carbonyl (C=O) groups is 2. The van der Waals surface area contributed by atoms with Gasteiger partial charge in [-0.1, -0.05) is 35.3 Å². The molecule has 0 fully saturated rings. The number of nitrogens with one attached hydrogen (secondary N) is 1. The van der Waals surface area contributed by atoms with Crippen molar-refractivity contribution in [2.24, 2.45) is 0 Å². The Balaban J connectivity index is 1.97. The first-order valence-electron chi connectivity index (χ1n) is 7.24. The van der Waals surface area contributed by atoms with Gasteiger partial charge < -0.3 is 10.4 Å². The van der Waals surface area contributed by atoms with E-state index in [0.29, 0.717) is 15.5 Å². The molecule has 0 aliphatic rings. The first-order valence-corrected chi connectivity index (χ1v) is 8.87. The number of hydrogen-bond donors (Lipinski definition) is 2. The SMILES string of the molecule is O=C(Nc1csc(-c2ccc(Cl)cc2)c1C(=O)O)c1ccc(F)cc1Cl. The molecule has 0 radical (unpaired) electrons. The fourth-order valence-corrected chi connectivity index (χ4v) is 3.72. The Morgan fingerprint density at radius 2 is 1.77 bits per heavy atom. The van der Waals surface area contributed by atoms with Crippen LogP contribution in [0.5, 0.6) is 0 Å². The topological polar surface area (TPSA) is 66.4 Å². The highest BCUT2D eigenvalue weighted by atomic mass is 35.5. The van der Waals surface area contributed by atoms with E-state index in [0.717, 1.165) is 12.1 Å². The van der Waals surface area contributed by atoms with Crippen molar-refractivity contribution in [3.05, 3.63) is 74.8 Å². The predicted molar refractivity (Wildman–Crippen MR) is 101 cm³/mol. The summed E-state index contributed by atoms with van der Waals surface area (Å²) in [6, 6.07) is 10.1. The van der Waals surface area contributed by atoms with Gasteiger partial charge in [0, 0.05) is 10.4 Å². The fraction of sp³-hybridized carbons (Fsp3) is 0. The van der Waals surface area contributed by atoms with Crippen LogP contribution in [0.25, 0.3) is 10.4 Å². The Hall–Kier alpha value is -2.41. The van der Waals surface area contributed by atoms with E-state index in [-0.39, 0.29) is 21.8 Å². The Morgan fingerprint density at radius 1 is 1.08 bits per heavy atom. The van der Waals surface area contributed by atoms with Crippen LogP contribution < -0.4 is 5.32 Å². The number of anilines is 1. The fourth-order valence-electron chi connectivity index (χ4n) is 2.34. The molecule has 0 unspecified atom stereocenters. The van der Waals surface area contributed by atoms with Gasteiger partial charge >= 0.3 is 5.97 Å². The molecule has 0 saturated heterocycles. The number of benzene rings is 2. The molecule has 3 rings (SSSR count). The second-order valence-corrected chi connectivity index (χ2v) is 6.97. The van der Waals surface area contributed by atoms with Crippen LogP contribution in [0.1, 0.15) is 20.7 Å². The molecule has 26 heavy (non-hydrogen) atoms. The van der Waals surface area contributed by atoms with Crippen molar-refractivity contribution in [2.75, 3.05) is 5.32 Å². The lowest BCUT2D eigenvalue weighted by molar-refractivity contribution is 0.0699. The molecule has 3 aromatic rings. The van der Waals surface area contributed by atoms with Crippen LogP contribution in [0.15, 0.2) is 47.8 Å². The Morgan fingerprint density at radius 3 is 2.38 bits per heavy atom. The maximum absolute atomic E-state index is 13.1. The largest absolute Gasteiger partial charge is 0.478 e. The third-order valence-electron chi connectivity index (χ3n) is 3.54. The van der Waals surface area contributed by atoms with Crippen LogP contribution in [0, 0.1) is 5.82 Å². The maximum Gasteiger partial charge on any atom is 0.339 e. The van der Waals surface area contributed by atoms with Crippen molar-refractivity contribution < 1.29 is 19.1 Å². The van der Waals surface area contributed by atoms with E-state index in [1.807, 2.05) is 0 Å². The number of thiophene rings is 1. The summed E-state index contributed by atoms with van der Waals surface area (Å²) < 4.78 is 13.1. The summed E-state index contributed by atoms with van der Waals surface area (Å²) >= 11 is 12.9. The Kier molecular flexibility index (Phi) is 5.27. The van der Waals surface area contributed by atoms with Gasteiger partial charge in [0.25, 0.3) is 5.91 Å². The summed E-state index contributed by atoms with van der Waals surface area (Å²) in [6.07, 6.45) is 0. The lowest BCUT2D eigenvalue weighted by Gasteiger charge is -2.08. The summed E-state index contributed by atoms with van der Waals surface area (Å²) in [5.41, 5.74) is 0.808. The molecular weight excluding hydrogens is 400 g/mol. The summed E-state index contributed by atoms with van der Waals surface area (Å²) in [7, 11) is 0. The lowest BCUT2D eigenvalue weighted by atomic mass is 10.1. The molecule has 4 nitrogen and oxygen atoms in total. The van der Waals surface area contributed by atoms with Gasteiger partial charge in [0.1, 0.15) is 11.4 Å². The highest BCUT2D eigenvalue weighted by molar-refractivity contribution is 7.14. The van der Waals surface area contributed by atoms with Crippen molar-refractivity contribution in [3.63, 3.8) is 0 Å². The summed E-state index contributed by atoms with van der Waals surface area (Å²) in [5.74, 6) is -2.38. The number of aromatic carboxylic acids is 1. The average molecular weight is 410 g/mol. The van der Waals surface area contributed by atoms with Gasteiger partial charge in [-0.25, -0.2) is 9.18 Å². The monoisotopic (exact) mass is 409 g/mol. The standard InChI is InChI=1S/C18H10Cl2FNO3S/c19-10-3-1-9(2-4-10)16-15(18(24)25)14(8-26-16)22-17(23)12-6-5-11(21)7-13(12)20/h1-8H,(H,22,23)(H,24,25). The van der Waals surface area contributed by atoms with Gasteiger partial charge in [-0.3, -0.25) is 4.79 Å². The van der Waals surface area contributed by atoms with E-state index in [1.165, 1.54) is 22.8 Å². The van der Waals surface area contributed by atoms with Gasteiger partial charge in [0.2, 0.25) is 0 Å². The quantitative estimate of drug-likeness (QED) is 0.570. The van der Waals surface area contributed by atoms with Gasteiger partial charge in [0.15, 0.2) is 0 Å². The summed E-state index contributed by atoms with van der Waals surface area (Å²) in [6.45, 7) is 0. The second kappa shape index (κ2) is 7.45. The maximum atomic E-state index is 13.1. The molecule has 0 bridgehead atoms. The van der Waals surface area contributed by atoms with Crippen molar-refractivity contribution in [1.82, 2.24) is 0 Å². The third kappa shape index (κ3) is 3.72. The lowest BCUT2D eigenvalue weighted by Crippen LogP contribution is -2.14. The molecule has 1 heterocycles. The molecule has 0 aliphatic heterocycles. The molecule has 0 atom stereocenters. The number of carboxylic acids is 1. The molecule has 0 aliphatic carbocycles. The van der Waals surface area contributed by atoms with Gasteiger partial charge in [-0.15, -0.1) is 11.3 Å². The first kappa shape index (κ1) is 18.4. The van der Waals surface area contributed by atoms with Crippen LogP contribution in [0.4, 0.5) is 10.1 Å². The van der Waals surface area contributed by atoms with E-state index >= 15 is 0 Å². The normalized spacial score (nSPS) is 10.6. The van der Waals surface area contributed by atoms with Crippen LogP contribution >= 0.6 is 34.5 Å². The number of carbonyl (C=O) groups excluding carboxylic acids is 1. The highest BCUT2D eigenvalue weighted by Gasteiger charge is 2.22. The average Bonchev–Trinajstić information content (AvgIpc) is 2.99. The number of amides is 1. The van der Waals surface area contributed by atoms with Crippen LogP contribution in [0.2, 0.25) is 10.0 Å². The van der Waals surface area contributed by atoms with Crippen LogP contribution in [-0.4, -0.2) is 17.0 Å². The van der Waals surface area contributed by atoms with Crippen molar-refractivity contribution in [2.45, 2.75) is 0 Å². The third-order valence-corrected chi connectivity index (χ3v) is 5.13. The first-order chi connectivity index (χ1) is 12.4. The van der Waals surface area contributed by atoms with Gasteiger partial charge in [0.05, 0.1) is 21.2 Å². The number of halogens is 3. The molecule has 0 saturated carbocycles.